The zero-order valence-corrected chi connectivity index (χ0v) is 11.3. The molecule has 2 aromatic carbocycles. The number of rotatable bonds is 2. The number of nitrogens with zero attached hydrogens (tertiary/aromatic N) is 2. The fraction of sp³-hybridized carbons (Fsp3) is 0.0625. The molecule has 3 rings (SSSR count). The van der Waals surface area contributed by atoms with Gasteiger partial charge in [-0.2, -0.15) is 5.10 Å². The summed E-state index contributed by atoms with van der Waals surface area (Å²) in [5.74, 6) is 0. The molecule has 0 spiro atoms. The lowest BCUT2D eigenvalue weighted by molar-refractivity contribution is 0.881. The summed E-state index contributed by atoms with van der Waals surface area (Å²) in [5.41, 5.74) is 4.48. The van der Waals surface area contributed by atoms with E-state index in [1.54, 1.807) is 0 Å². The van der Waals surface area contributed by atoms with Gasteiger partial charge in [0.15, 0.2) is 0 Å². The van der Waals surface area contributed by atoms with Crippen LogP contribution in [0.15, 0.2) is 60.9 Å². The van der Waals surface area contributed by atoms with Gasteiger partial charge < -0.3 is 0 Å². The average Bonchev–Trinajstić information content (AvgIpc) is 2.88. The highest BCUT2D eigenvalue weighted by atomic mass is 35.5. The Labute approximate surface area is 117 Å². The normalized spacial score (nSPS) is 10.6. The predicted octanol–water partition coefficient (Wildman–Crippen LogP) is 4.50. The lowest BCUT2D eigenvalue weighted by atomic mass is 10.1. The van der Waals surface area contributed by atoms with Crippen LogP contribution >= 0.6 is 11.6 Å². The van der Waals surface area contributed by atoms with Crippen LogP contribution in [0, 0.1) is 6.92 Å². The third kappa shape index (κ3) is 2.54. The molecule has 0 fully saturated rings. The Kier molecular flexibility index (Phi) is 3.10. The molecule has 94 valence electrons. The lowest BCUT2D eigenvalue weighted by Gasteiger charge is -2.01. The lowest BCUT2D eigenvalue weighted by Crippen LogP contribution is -1.92. The van der Waals surface area contributed by atoms with Gasteiger partial charge in [0.2, 0.25) is 0 Å². The molecule has 0 saturated heterocycles. The third-order valence-corrected chi connectivity index (χ3v) is 3.24. The minimum atomic E-state index is 0.713. The van der Waals surface area contributed by atoms with Crippen LogP contribution in [-0.2, 0) is 0 Å². The minimum absolute atomic E-state index is 0.713. The van der Waals surface area contributed by atoms with Crippen molar-refractivity contribution in [3.05, 3.63) is 71.5 Å². The fourth-order valence-electron chi connectivity index (χ4n) is 2.06. The fourth-order valence-corrected chi connectivity index (χ4v) is 2.24. The molecule has 0 aliphatic carbocycles. The van der Waals surface area contributed by atoms with E-state index in [0.717, 1.165) is 11.3 Å². The van der Waals surface area contributed by atoms with E-state index in [1.165, 1.54) is 11.1 Å². The second-order valence-electron chi connectivity index (χ2n) is 4.52. The molecule has 3 heteroatoms. The van der Waals surface area contributed by atoms with Gasteiger partial charge in [-0.25, -0.2) is 4.68 Å². The summed E-state index contributed by atoms with van der Waals surface area (Å²) < 4.78 is 1.84. The summed E-state index contributed by atoms with van der Waals surface area (Å²) in [6.45, 7) is 2.09. The van der Waals surface area contributed by atoms with Crippen LogP contribution in [0.2, 0.25) is 5.02 Å². The standard InChI is InChI=1S/C16H13ClN2/c1-12-4-2-5-13(8-12)14-10-18-19(11-14)16-7-3-6-15(17)9-16/h2-11H,1H3. The first-order chi connectivity index (χ1) is 9.22. The predicted molar refractivity (Wildman–Crippen MR) is 78.7 cm³/mol. The van der Waals surface area contributed by atoms with Crippen LogP contribution in [0.1, 0.15) is 5.56 Å². The summed E-state index contributed by atoms with van der Waals surface area (Å²) in [6.07, 6.45) is 3.89. The molecule has 0 radical (unpaired) electrons. The maximum absolute atomic E-state index is 6.00. The number of aromatic nitrogens is 2. The van der Waals surface area contributed by atoms with E-state index in [0.29, 0.717) is 5.02 Å². The number of hydrogen-bond acceptors (Lipinski definition) is 1. The minimum Gasteiger partial charge on any atom is -0.240 e. The topological polar surface area (TPSA) is 17.8 Å². The molecule has 0 atom stereocenters. The Hall–Kier alpha value is -2.06. The second-order valence-corrected chi connectivity index (χ2v) is 4.96. The van der Waals surface area contributed by atoms with E-state index in [1.807, 2.05) is 41.3 Å². The van der Waals surface area contributed by atoms with Gasteiger partial charge in [-0.15, -0.1) is 0 Å². The number of halogens is 1. The van der Waals surface area contributed by atoms with Crippen molar-refractivity contribution in [3.63, 3.8) is 0 Å². The van der Waals surface area contributed by atoms with Crippen molar-refractivity contribution in [1.29, 1.82) is 0 Å². The van der Waals surface area contributed by atoms with Crippen molar-refractivity contribution < 1.29 is 0 Å². The Morgan fingerprint density at radius 3 is 2.63 bits per heavy atom. The largest absolute Gasteiger partial charge is 0.240 e. The maximum atomic E-state index is 6.00. The van der Waals surface area contributed by atoms with Gasteiger partial charge in [0.05, 0.1) is 11.9 Å². The summed E-state index contributed by atoms with van der Waals surface area (Å²) >= 11 is 6.00. The molecular formula is C16H13ClN2. The molecule has 2 nitrogen and oxygen atoms in total. The second kappa shape index (κ2) is 4.90. The van der Waals surface area contributed by atoms with Gasteiger partial charge in [0, 0.05) is 16.8 Å². The molecule has 1 heterocycles. The van der Waals surface area contributed by atoms with Crippen molar-refractivity contribution in [2.75, 3.05) is 0 Å². The molecule has 19 heavy (non-hydrogen) atoms. The van der Waals surface area contributed by atoms with E-state index in [4.69, 9.17) is 11.6 Å². The monoisotopic (exact) mass is 268 g/mol. The quantitative estimate of drug-likeness (QED) is 0.669. The van der Waals surface area contributed by atoms with E-state index in [-0.39, 0.29) is 0 Å². The highest BCUT2D eigenvalue weighted by molar-refractivity contribution is 6.30. The van der Waals surface area contributed by atoms with Crippen LogP contribution in [0.25, 0.3) is 16.8 Å². The average molecular weight is 269 g/mol. The van der Waals surface area contributed by atoms with Crippen LogP contribution in [-0.4, -0.2) is 9.78 Å². The van der Waals surface area contributed by atoms with Gasteiger partial charge in [0.25, 0.3) is 0 Å². The highest BCUT2D eigenvalue weighted by Crippen LogP contribution is 2.22. The van der Waals surface area contributed by atoms with Gasteiger partial charge in [-0.1, -0.05) is 47.5 Å². The zero-order valence-electron chi connectivity index (χ0n) is 10.5. The molecule has 0 saturated carbocycles. The Morgan fingerprint density at radius 2 is 1.84 bits per heavy atom. The molecule has 0 N–H and O–H groups in total. The Bertz CT molecular complexity index is 656. The van der Waals surface area contributed by atoms with E-state index < -0.39 is 0 Å². The molecule has 0 amide bonds. The molecule has 0 aliphatic heterocycles. The first kappa shape index (κ1) is 12.0. The van der Waals surface area contributed by atoms with E-state index in [9.17, 15) is 0 Å². The van der Waals surface area contributed by atoms with Crippen LogP contribution in [0.5, 0.6) is 0 Å². The van der Waals surface area contributed by atoms with Gasteiger partial charge in [0.1, 0.15) is 0 Å². The van der Waals surface area contributed by atoms with Crippen molar-refractivity contribution in [2.24, 2.45) is 0 Å². The number of hydrogen-bond donors (Lipinski definition) is 0. The number of aryl methyl sites for hydroxylation is 1. The first-order valence-corrected chi connectivity index (χ1v) is 6.48. The van der Waals surface area contributed by atoms with Gasteiger partial charge in [-0.05, 0) is 30.7 Å². The maximum Gasteiger partial charge on any atom is 0.0660 e. The Morgan fingerprint density at radius 1 is 1.00 bits per heavy atom. The van der Waals surface area contributed by atoms with Crippen LogP contribution < -0.4 is 0 Å². The van der Waals surface area contributed by atoms with Crippen molar-refractivity contribution >= 4 is 11.6 Å². The summed E-state index contributed by atoms with van der Waals surface area (Å²) in [4.78, 5) is 0. The zero-order chi connectivity index (χ0) is 13.2. The van der Waals surface area contributed by atoms with E-state index >= 15 is 0 Å². The third-order valence-electron chi connectivity index (χ3n) is 3.01. The molecule has 0 unspecified atom stereocenters. The smallest absolute Gasteiger partial charge is 0.0660 e. The van der Waals surface area contributed by atoms with Crippen molar-refractivity contribution in [2.45, 2.75) is 6.92 Å². The molecule has 3 aromatic rings. The van der Waals surface area contributed by atoms with Gasteiger partial charge >= 0.3 is 0 Å². The molecule has 1 aromatic heterocycles. The highest BCUT2D eigenvalue weighted by Gasteiger charge is 2.03. The Balaban J connectivity index is 2.00. The van der Waals surface area contributed by atoms with Crippen LogP contribution in [0.3, 0.4) is 0 Å². The van der Waals surface area contributed by atoms with Crippen LogP contribution in [0.4, 0.5) is 0 Å². The molecule has 0 bridgehead atoms. The van der Waals surface area contributed by atoms with Gasteiger partial charge in [-0.3, -0.25) is 0 Å². The summed E-state index contributed by atoms with van der Waals surface area (Å²) in [7, 11) is 0. The number of benzene rings is 2. The SMILES string of the molecule is Cc1cccc(-c2cnn(-c3cccc(Cl)c3)c2)c1. The molecular weight excluding hydrogens is 256 g/mol. The molecule has 0 aliphatic rings. The van der Waals surface area contributed by atoms with E-state index in [2.05, 4.69) is 36.3 Å². The summed E-state index contributed by atoms with van der Waals surface area (Å²) in [5, 5.41) is 5.10. The summed E-state index contributed by atoms with van der Waals surface area (Å²) in [6, 6.07) is 16.0. The van der Waals surface area contributed by atoms with Crippen molar-refractivity contribution in [3.8, 4) is 16.8 Å². The first-order valence-electron chi connectivity index (χ1n) is 6.10. The van der Waals surface area contributed by atoms with Crippen molar-refractivity contribution in [1.82, 2.24) is 9.78 Å².